The number of ether oxygens (including phenoxy) is 2. The summed E-state index contributed by atoms with van der Waals surface area (Å²) in [6.45, 7) is 4.20. The van der Waals surface area contributed by atoms with E-state index >= 15 is 0 Å². The maximum Gasteiger partial charge on any atom is 0.267 e. The lowest BCUT2D eigenvalue weighted by molar-refractivity contribution is 0.103. The fourth-order valence-electron chi connectivity index (χ4n) is 2.54. The smallest absolute Gasteiger partial charge is 0.267 e. The molecule has 0 spiro atoms. The van der Waals surface area contributed by atoms with Crippen molar-refractivity contribution < 1.29 is 22.7 Å². The van der Waals surface area contributed by atoms with Gasteiger partial charge in [0.05, 0.1) is 6.61 Å². The van der Waals surface area contributed by atoms with Gasteiger partial charge in [-0.2, -0.15) is 0 Å². The van der Waals surface area contributed by atoms with Crippen molar-refractivity contribution in [2.75, 3.05) is 26.6 Å². The minimum absolute atomic E-state index is 0.00211. The lowest BCUT2D eigenvalue weighted by atomic mass is 10.0. The standard InChI is InChI=1S/C17H22N2O6S/c1-5-19-15(20)10-13(18-19)16(21)12-6-7-14(26(4,22)23)17(11(12)2)25-9-8-24-3/h6-7,10,18H,5,8-9H2,1-4H3. The van der Waals surface area contributed by atoms with Gasteiger partial charge < -0.3 is 9.47 Å². The van der Waals surface area contributed by atoms with E-state index in [-0.39, 0.29) is 40.7 Å². The van der Waals surface area contributed by atoms with E-state index in [0.717, 1.165) is 6.26 Å². The second-order valence-electron chi connectivity index (χ2n) is 5.76. The van der Waals surface area contributed by atoms with Crippen molar-refractivity contribution in [2.45, 2.75) is 25.3 Å². The van der Waals surface area contributed by atoms with Gasteiger partial charge in [0.25, 0.3) is 5.56 Å². The number of H-pyrrole nitrogens is 1. The Bertz CT molecular complexity index is 972. The highest BCUT2D eigenvalue weighted by Crippen LogP contribution is 2.31. The topological polar surface area (TPSA) is 107 Å². The molecule has 0 aliphatic rings. The first kappa shape index (κ1) is 19.9. The predicted molar refractivity (Wildman–Crippen MR) is 95.8 cm³/mol. The van der Waals surface area contributed by atoms with Crippen LogP contribution < -0.4 is 10.3 Å². The first-order valence-corrected chi connectivity index (χ1v) is 9.89. The van der Waals surface area contributed by atoms with Crippen LogP contribution in [0.5, 0.6) is 5.75 Å². The largest absolute Gasteiger partial charge is 0.490 e. The first-order valence-electron chi connectivity index (χ1n) is 8.00. The molecule has 26 heavy (non-hydrogen) atoms. The fourth-order valence-corrected chi connectivity index (χ4v) is 3.41. The third-order valence-corrected chi connectivity index (χ3v) is 5.02. The minimum atomic E-state index is -3.55. The van der Waals surface area contributed by atoms with Gasteiger partial charge in [-0.3, -0.25) is 19.4 Å². The molecule has 1 aromatic carbocycles. The van der Waals surface area contributed by atoms with Crippen molar-refractivity contribution in [1.82, 2.24) is 9.78 Å². The van der Waals surface area contributed by atoms with Crippen molar-refractivity contribution >= 4 is 15.6 Å². The lowest BCUT2D eigenvalue weighted by Crippen LogP contribution is -2.14. The molecule has 0 saturated heterocycles. The number of aromatic amines is 1. The van der Waals surface area contributed by atoms with Crippen molar-refractivity contribution in [3.63, 3.8) is 0 Å². The normalized spacial score (nSPS) is 11.5. The number of nitrogens with zero attached hydrogens (tertiary/aromatic N) is 1. The van der Waals surface area contributed by atoms with Crippen LogP contribution >= 0.6 is 0 Å². The number of hydrogen-bond acceptors (Lipinski definition) is 6. The summed E-state index contributed by atoms with van der Waals surface area (Å²) < 4.78 is 35.9. The molecule has 1 aromatic heterocycles. The Labute approximate surface area is 151 Å². The summed E-state index contributed by atoms with van der Waals surface area (Å²) >= 11 is 0. The number of sulfone groups is 1. The van der Waals surface area contributed by atoms with Gasteiger partial charge in [-0.15, -0.1) is 0 Å². The summed E-state index contributed by atoms with van der Waals surface area (Å²) in [4.78, 5) is 24.6. The van der Waals surface area contributed by atoms with Crippen molar-refractivity contribution in [3.05, 3.63) is 45.4 Å². The average Bonchev–Trinajstić information content (AvgIpc) is 2.95. The Balaban J connectivity index is 2.53. The van der Waals surface area contributed by atoms with E-state index in [1.54, 1.807) is 13.8 Å². The van der Waals surface area contributed by atoms with Crippen LogP contribution in [-0.2, 0) is 21.1 Å². The number of methoxy groups -OCH3 is 1. The van der Waals surface area contributed by atoms with Crippen molar-refractivity contribution in [2.24, 2.45) is 0 Å². The number of ketones is 1. The molecule has 0 atom stereocenters. The molecule has 0 bridgehead atoms. The van der Waals surface area contributed by atoms with Gasteiger partial charge >= 0.3 is 0 Å². The molecule has 0 amide bonds. The molecular weight excluding hydrogens is 360 g/mol. The summed E-state index contributed by atoms with van der Waals surface area (Å²) in [5.41, 5.74) is 0.473. The maximum atomic E-state index is 12.8. The van der Waals surface area contributed by atoms with Gasteiger partial charge in [0.15, 0.2) is 9.84 Å². The second kappa shape index (κ2) is 7.88. The monoisotopic (exact) mass is 382 g/mol. The van der Waals surface area contributed by atoms with Gasteiger partial charge in [-0.1, -0.05) is 0 Å². The Morgan fingerprint density at radius 2 is 1.96 bits per heavy atom. The molecule has 0 fully saturated rings. The molecule has 2 rings (SSSR count). The summed E-state index contributed by atoms with van der Waals surface area (Å²) in [6.07, 6.45) is 1.07. The van der Waals surface area contributed by atoms with Crippen LogP contribution in [0.2, 0.25) is 0 Å². The van der Waals surface area contributed by atoms with E-state index < -0.39 is 15.6 Å². The Kier molecular flexibility index (Phi) is 6.04. The number of nitrogens with one attached hydrogen (secondary N) is 1. The van der Waals surface area contributed by atoms with Crippen LogP contribution in [0.4, 0.5) is 0 Å². The van der Waals surface area contributed by atoms with Crippen LogP contribution in [0.3, 0.4) is 0 Å². The highest BCUT2D eigenvalue weighted by atomic mass is 32.2. The third-order valence-electron chi connectivity index (χ3n) is 3.90. The number of benzene rings is 1. The average molecular weight is 382 g/mol. The van der Waals surface area contributed by atoms with E-state index in [4.69, 9.17) is 9.47 Å². The Morgan fingerprint density at radius 3 is 2.50 bits per heavy atom. The first-order chi connectivity index (χ1) is 12.2. The van der Waals surface area contributed by atoms with Crippen molar-refractivity contribution in [1.29, 1.82) is 0 Å². The van der Waals surface area contributed by atoms with Crippen LogP contribution in [0.1, 0.15) is 28.5 Å². The van der Waals surface area contributed by atoms with E-state index in [1.807, 2.05) is 0 Å². The highest BCUT2D eigenvalue weighted by Gasteiger charge is 2.23. The van der Waals surface area contributed by atoms with Crippen LogP contribution in [0, 0.1) is 6.92 Å². The number of rotatable bonds is 8. The number of aryl methyl sites for hydroxylation is 1. The zero-order valence-electron chi connectivity index (χ0n) is 15.2. The fraction of sp³-hybridized carbons (Fsp3) is 0.412. The summed E-state index contributed by atoms with van der Waals surface area (Å²) in [7, 11) is -2.04. The molecule has 1 heterocycles. The van der Waals surface area contributed by atoms with Crippen LogP contribution in [-0.4, -0.2) is 50.6 Å². The zero-order valence-corrected chi connectivity index (χ0v) is 16.0. The number of carbonyl (C=O) groups is 1. The molecular formula is C17H22N2O6S. The SMILES string of the molecule is CCn1[nH]c(C(=O)c2ccc(S(C)(=O)=O)c(OCCOC)c2C)cc1=O. The van der Waals surface area contributed by atoms with E-state index in [9.17, 15) is 18.0 Å². The molecule has 9 heteroatoms. The molecule has 0 radical (unpaired) electrons. The second-order valence-corrected chi connectivity index (χ2v) is 7.74. The van der Waals surface area contributed by atoms with Gasteiger partial charge in [-0.05, 0) is 26.0 Å². The van der Waals surface area contributed by atoms with E-state index in [2.05, 4.69) is 5.10 Å². The summed E-state index contributed by atoms with van der Waals surface area (Å²) in [6, 6.07) is 3.99. The Hall–Kier alpha value is -2.39. The van der Waals surface area contributed by atoms with Crippen molar-refractivity contribution in [3.8, 4) is 5.75 Å². The van der Waals surface area contributed by atoms with E-state index in [1.165, 1.54) is 30.0 Å². The molecule has 2 aromatic rings. The zero-order chi connectivity index (χ0) is 19.5. The number of carbonyl (C=O) groups excluding carboxylic acids is 1. The Morgan fingerprint density at radius 1 is 1.27 bits per heavy atom. The van der Waals surface area contributed by atoms with Gasteiger partial charge in [0, 0.05) is 37.1 Å². The molecule has 0 aliphatic heterocycles. The lowest BCUT2D eigenvalue weighted by Gasteiger charge is -2.15. The maximum absolute atomic E-state index is 12.8. The summed E-state index contributed by atoms with van der Waals surface area (Å²) in [5, 5.41) is 2.75. The molecule has 1 N–H and O–H groups in total. The molecule has 0 saturated carbocycles. The molecule has 0 unspecified atom stereocenters. The van der Waals surface area contributed by atoms with Crippen LogP contribution in [0.25, 0.3) is 0 Å². The van der Waals surface area contributed by atoms with Gasteiger partial charge in [-0.25, -0.2) is 8.42 Å². The van der Waals surface area contributed by atoms with Gasteiger partial charge in [0.1, 0.15) is 22.9 Å². The molecule has 0 aliphatic carbocycles. The van der Waals surface area contributed by atoms with Crippen LogP contribution in [0.15, 0.2) is 27.9 Å². The minimum Gasteiger partial charge on any atom is -0.490 e. The predicted octanol–water partition coefficient (Wildman–Crippen LogP) is 1.16. The molecule has 142 valence electrons. The third kappa shape index (κ3) is 4.05. The van der Waals surface area contributed by atoms with Gasteiger partial charge in [0.2, 0.25) is 5.78 Å². The summed E-state index contributed by atoms with van der Waals surface area (Å²) in [5.74, 6) is -0.295. The van der Waals surface area contributed by atoms with E-state index in [0.29, 0.717) is 12.1 Å². The molecule has 8 nitrogen and oxygen atoms in total. The quantitative estimate of drug-likeness (QED) is 0.542. The number of aromatic nitrogens is 2. The highest BCUT2D eigenvalue weighted by molar-refractivity contribution is 7.90. The number of hydrogen-bond donors (Lipinski definition) is 1.